The fraction of sp³-hybridized carbons (Fsp3) is 0.100. The Bertz CT molecular complexity index is 520. The topological polar surface area (TPSA) is 76.5 Å². The molecule has 4 nitrogen and oxygen atoms in total. The van der Waals surface area contributed by atoms with Crippen LogP contribution in [0, 0.1) is 0 Å². The Morgan fingerprint density at radius 2 is 2.27 bits per heavy atom. The Hall–Kier alpha value is -1.33. The highest BCUT2D eigenvalue weighted by molar-refractivity contribution is 9.10. The number of carbonyl (C=O) groups is 1. The first-order chi connectivity index (χ1) is 7.09. The number of carboxylic acids is 1. The van der Waals surface area contributed by atoms with Crippen LogP contribution in [0.3, 0.4) is 0 Å². The molecule has 1 aromatic heterocycles. The van der Waals surface area contributed by atoms with Crippen LogP contribution < -0.4 is 5.73 Å². The number of carboxylic acid groups (broad SMARTS) is 1. The fourth-order valence-corrected chi connectivity index (χ4v) is 1.76. The maximum atomic E-state index is 10.7. The minimum absolute atomic E-state index is 0.553. The molecule has 0 aliphatic carbocycles. The van der Waals surface area contributed by atoms with Gasteiger partial charge in [-0.05, 0) is 33.6 Å². The van der Waals surface area contributed by atoms with E-state index in [-0.39, 0.29) is 0 Å². The Morgan fingerprint density at radius 1 is 1.53 bits per heavy atom. The van der Waals surface area contributed by atoms with Gasteiger partial charge in [0.1, 0.15) is 17.9 Å². The average Bonchev–Trinajstić information content (AvgIpc) is 2.59. The molecular weight excluding hydrogens is 262 g/mol. The van der Waals surface area contributed by atoms with Gasteiger partial charge in [-0.15, -0.1) is 0 Å². The normalized spacial score (nSPS) is 12.9. The number of nitrogens with two attached hydrogens (primary N) is 1. The second-order valence-corrected chi connectivity index (χ2v) is 4.01. The van der Waals surface area contributed by atoms with Crippen LogP contribution in [0.1, 0.15) is 11.6 Å². The SMILES string of the molecule is NC(C(=O)O)c1ccc2occ(Br)c2c1. The van der Waals surface area contributed by atoms with Crippen LogP contribution in [0.5, 0.6) is 0 Å². The molecule has 0 amide bonds. The van der Waals surface area contributed by atoms with Gasteiger partial charge in [0.25, 0.3) is 0 Å². The first-order valence-electron chi connectivity index (χ1n) is 4.24. The van der Waals surface area contributed by atoms with Crippen LogP contribution in [0.25, 0.3) is 11.0 Å². The van der Waals surface area contributed by atoms with Crippen molar-refractivity contribution in [2.45, 2.75) is 6.04 Å². The second-order valence-electron chi connectivity index (χ2n) is 3.16. The van der Waals surface area contributed by atoms with E-state index in [2.05, 4.69) is 15.9 Å². The molecule has 0 saturated heterocycles. The molecule has 5 heteroatoms. The molecule has 1 atom stereocenters. The summed E-state index contributed by atoms with van der Waals surface area (Å²) in [4.78, 5) is 10.7. The molecule has 2 aromatic rings. The first kappa shape index (κ1) is 10.2. The number of halogens is 1. The van der Waals surface area contributed by atoms with Gasteiger partial charge in [0.05, 0.1) is 4.47 Å². The van der Waals surface area contributed by atoms with Gasteiger partial charge in [-0.1, -0.05) is 6.07 Å². The zero-order valence-corrected chi connectivity index (χ0v) is 9.19. The van der Waals surface area contributed by atoms with E-state index in [0.717, 1.165) is 9.86 Å². The van der Waals surface area contributed by atoms with E-state index < -0.39 is 12.0 Å². The van der Waals surface area contributed by atoms with Crippen molar-refractivity contribution in [3.63, 3.8) is 0 Å². The summed E-state index contributed by atoms with van der Waals surface area (Å²) in [5.74, 6) is -1.05. The molecule has 0 spiro atoms. The number of fused-ring (bicyclic) bond motifs is 1. The third-order valence-electron chi connectivity index (χ3n) is 2.18. The van der Waals surface area contributed by atoms with Gasteiger partial charge in [-0.3, -0.25) is 4.79 Å². The van der Waals surface area contributed by atoms with Crippen LogP contribution in [0.4, 0.5) is 0 Å². The lowest BCUT2D eigenvalue weighted by atomic mass is 10.1. The first-order valence-corrected chi connectivity index (χ1v) is 5.04. The van der Waals surface area contributed by atoms with E-state index in [1.54, 1.807) is 24.5 Å². The molecular formula is C10H8BrNO3. The third kappa shape index (κ3) is 1.75. The van der Waals surface area contributed by atoms with E-state index >= 15 is 0 Å². The highest BCUT2D eigenvalue weighted by atomic mass is 79.9. The van der Waals surface area contributed by atoms with Gasteiger partial charge in [0, 0.05) is 5.39 Å². The molecule has 0 bridgehead atoms. The van der Waals surface area contributed by atoms with E-state index in [1.807, 2.05) is 0 Å². The summed E-state index contributed by atoms with van der Waals surface area (Å²) in [5, 5.41) is 9.59. The maximum Gasteiger partial charge on any atom is 0.325 e. The molecule has 15 heavy (non-hydrogen) atoms. The summed E-state index contributed by atoms with van der Waals surface area (Å²) < 4.78 is 6.00. The van der Waals surface area contributed by atoms with E-state index in [1.165, 1.54) is 0 Å². The minimum Gasteiger partial charge on any atom is -0.480 e. The minimum atomic E-state index is -1.05. The Labute approximate surface area is 93.8 Å². The van der Waals surface area contributed by atoms with Gasteiger partial charge in [-0.2, -0.15) is 0 Å². The second kappa shape index (κ2) is 3.67. The molecule has 0 aliphatic heterocycles. The van der Waals surface area contributed by atoms with E-state index in [4.69, 9.17) is 15.3 Å². The Morgan fingerprint density at radius 3 is 2.93 bits per heavy atom. The molecule has 1 unspecified atom stereocenters. The highest BCUT2D eigenvalue weighted by Crippen LogP contribution is 2.28. The molecule has 1 aromatic carbocycles. The molecule has 78 valence electrons. The third-order valence-corrected chi connectivity index (χ3v) is 2.79. The summed E-state index contributed by atoms with van der Waals surface area (Å²) in [7, 11) is 0. The van der Waals surface area contributed by atoms with Crippen LogP contribution in [0.15, 0.2) is 33.4 Å². The number of hydrogen-bond acceptors (Lipinski definition) is 3. The van der Waals surface area contributed by atoms with Gasteiger partial charge in [0.2, 0.25) is 0 Å². The van der Waals surface area contributed by atoms with Crippen LogP contribution >= 0.6 is 15.9 Å². The number of benzene rings is 1. The van der Waals surface area contributed by atoms with E-state index in [0.29, 0.717) is 11.1 Å². The Kier molecular flexibility index (Phi) is 2.50. The van der Waals surface area contributed by atoms with Crippen molar-refractivity contribution < 1.29 is 14.3 Å². The maximum absolute atomic E-state index is 10.7. The van der Waals surface area contributed by atoms with Crippen molar-refractivity contribution >= 4 is 32.9 Å². The van der Waals surface area contributed by atoms with Gasteiger partial charge >= 0.3 is 5.97 Å². The van der Waals surface area contributed by atoms with Crippen molar-refractivity contribution in [2.75, 3.05) is 0 Å². The predicted molar refractivity (Wildman–Crippen MR) is 58.5 cm³/mol. The largest absolute Gasteiger partial charge is 0.480 e. The summed E-state index contributed by atoms with van der Waals surface area (Å²) >= 11 is 3.31. The van der Waals surface area contributed by atoms with Crippen molar-refractivity contribution in [1.82, 2.24) is 0 Å². The molecule has 0 saturated carbocycles. The van der Waals surface area contributed by atoms with Gasteiger partial charge in [0.15, 0.2) is 0 Å². The van der Waals surface area contributed by atoms with Crippen molar-refractivity contribution in [3.8, 4) is 0 Å². The lowest BCUT2D eigenvalue weighted by molar-refractivity contribution is -0.138. The lowest BCUT2D eigenvalue weighted by Crippen LogP contribution is -2.20. The summed E-state index contributed by atoms with van der Waals surface area (Å²) in [6.45, 7) is 0. The Balaban J connectivity index is 2.54. The summed E-state index contributed by atoms with van der Waals surface area (Å²) in [6.07, 6.45) is 1.56. The predicted octanol–water partition coefficient (Wildman–Crippen LogP) is 2.28. The molecule has 1 heterocycles. The van der Waals surface area contributed by atoms with Gasteiger partial charge in [-0.25, -0.2) is 0 Å². The average molecular weight is 270 g/mol. The van der Waals surface area contributed by atoms with Crippen LogP contribution in [0.2, 0.25) is 0 Å². The monoisotopic (exact) mass is 269 g/mol. The number of rotatable bonds is 2. The fourth-order valence-electron chi connectivity index (χ4n) is 1.35. The van der Waals surface area contributed by atoms with Crippen LogP contribution in [-0.4, -0.2) is 11.1 Å². The molecule has 2 rings (SSSR count). The zero-order valence-electron chi connectivity index (χ0n) is 7.61. The number of hydrogen-bond donors (Lipinski definition) is 2. The molecule has 0 fully saturated rings. The molecule has 0 radical (unpaired) electrons. The smallest absolute Gasteiger partial charge is 0.325 e. The molecule has 3 N–H and O–H groups in total. The van der Waals surface area contributed by atoms with Crippen molar-refractivity contribution in [2.24, 2.45) is 5.73 Å². The number of aliphatic carboxylic acids is 1. The standard InChI is InChI=1S/C10H8BrNO3/c11-7-4-15-8-2-1-5(3-6(7)8)9(12)10(13)14/h1-4,9H,12H2,(H,13,14). The zero-order chi connectivity index (χ0) is 11.0. The van der Waals surface area contributed by atoms with Gasteiger partial charge < -0.3 is 15.3 Å². The summed E-state index contributed by atoms with van der Waals surface area (Å²) in [6, 6.07) is 4.06. The number of furan rings is 1. The molecule has 0 aliphatic rings. The van der Waals surface area contributed by atoms with E-state index in [9.17, 15) is 4.79 Å². The quantitative estimate of drug-likeness (QED) is 0.877. The lowest BCUT2D eigenvalue weighted by Gasteiger charge is -2.05. The summed E-state index contributed by atoms with van der Waals surface area (Å²) in [5.41, 5.74) is 6.75. The highest BCUT2D eigenvalue weighted by Gasteiger charge is 2.15. The van der Waals surface area contributed by atoms with Crippen molar-refractivity contribution in [1.29, 1.82) is 0 Å². The van der Waals surface area contributed by atoms with Crippen molar-refractivity contribution in [3.05, 3.63) is 34.5 Å². The van der Waals surface area contributed by atoms with Crippen LogP contribution in [-0.2, 0) is 4.79 Å².